The zero-order chi connectivity index (χ0) is 20.3. The summed E-state index contributed by atoms with van der Waals surface area (Å²) in [5.41, 5.74) is 1.89. The molecule has 0 bridgehead atoms. The Kier molecular flexibility index (Phi) is 5.42. The van der Waals surface area contributed by atoms with Gasteiger partial charge in [0.15, 0.2) is 11.5 Å². The van der Waals surface area contributed by atoms with Gasteiger partial charge in [0.25, 0.3) is 10.0 Å². The van der Waals surface area contributed by atoms with Gasteiger partial charge in [-0.05, 0) is 68.5 Å². The first-order valence-corrected chi connectivity index (χ1v) is 10.9. The number of ether oxygens (including phenoxy) is 1. The molecule has 0 atom stereocenters. The van der Waals surface area contributed by atoms with E-state index in [0.29, 0.717) is 22.9 Å². The molecular formula is C22H23N3O3S. The molecule has 2 N–H and O–H groups in total. The molecule has 1 aliphatic heterocycles. The van der Waals surface area contributed by atoms with E-state index in [1.54, 1.807) is 60.7 Å². The maximum absolute atomic E-state index is 13.6. The topological polar surface area (TPSA) is 70.7 Å². The van der Waals surface area contributed by atoms with Crippen molar-refractivity contribution in [1.82, 2.24) is 5.32 Å². The molecule has 3 aromatic rings. The van der Waals surface area contributed by atoms with E-state index in [9.17, 15) is 8.42 Å². The SMILES string of the molecule is CNCCCNc1ccc(S(=O)(=O)N2c3ccccc3Oc3ccccc32)cc1. The molecular weight excluding hydrogens is 386 g/mol. The standard InChI is InChI=1S/C22H23N3O3S/c1-23-15-6-16-24-17-11-13-18(14-12-17)29(26,27)25-19-7-2-4-9-21(19)28-22-10-5-3-8-20(22)25/h2-5,7-14,23-24H,6,15-16H2,1H3. The number of nitrogens with one attached hydrogen (secondary N) is 2. The number of hydrogen-bond donors (Lipinski definition) is 2. The van der Waals surface area contributed by atoms with Crippen LogP contribution in [0.15, 0.2) is 77.7 Å². The van der Waals surface area contributed by atoms with Crippen LogP contribution in [0.4, 0.5) is 17.1 Å². The van der Waals surface area contributed by atoms with Crippen molar-refractivity contribution >= 4 is 27.1 Å². The van der Waals surface area contributed by atoms with Gasteiger partial charge in [-0.25, -0.2) is 12.7 Å². The Morgan fingerprint density at radius 1 is 0.828 bits per heavy atom. The van der Waals surface area contributed by atoms with Crippen LogP contribution in [0.3, 0.4) is 0 Å². The maximum Gasteiger partial charge on any atom is 0.268 e. The summed E-state index contributed by atoms with van der Waals surface area (Å²) in [5, 5.41) is 6.40. The second kappa shape index (κ2) is 8.14. The normalized spacial score (nSPS) is 12.7. The van der Waals surface area contributed by atoms with E-state index < -0.39 is 10.0 Å². The van der Waals surface area contributed by atoms with E-state index in [0.717, 1.165) is 25.2 Å². The predicted molar refractivity (Wildman–Crippen MR) is 116 cm³/mol. The third-order valence-corrected chi connectivity index (χ3v) is 6.46. The highest BCUT2D eigenvalue weighted by atomic mass is 32.2. The number of hydrogen-bond acceptors (Lipinski definition) is 5. The molecule has 1 aliphatic rings. The van der Waals surface area contributed by atoms with Gasteiger partial charge in [-0.3, -0.25) is 0 Å². The fraction of sp³-hybridized carbons (Fsp3) is 0.182. The number of benzene rings is 3. The second-order valence-corrected chi connectivity index (χ2v) is 8.50. The highest BCUT2D eigenvalue weighted by Gasteiger charge is 2.34. The Labute approximate surface area is 171 Å². The molecule has 3 aromatic carbocycles. The molecule has 0 saturated carbocycles. The van der Waals surface area contributed by atoms with Gasteiger partial charge in [0.05, 0.1) is 4.90 Å². The fourth-order valence-corrected chi connectivity index (χ4v) is 4.79. The summed E-state index contributed by atoms with van der Waals surface area (Å²) in [5.74, 6) is 1.02. The Hall–Kier alpha value is -3.03. The lowest BCUT2D eigenvalue weighted by Crippen LogP contribution is -2.28. The van der Waals surface area contributed by atoms with Gasteiger partial charge in [-0.1, -0.05) is 24.3 Å². The average molecular weight is 410 g/mol. The fourth-order valence-electron chi connectivity index (χ4n) is 3.28. The van der Waals surface area contributed by atoms with Crippen LogP contribution in [-0.4, -0.2) is 28.6 Å². The molecule has 150 valence electrons. The Morgan fingerprint density at radius 3 is 2.00 bits per heavy atom. The predicted octanol–water partition coefficient (Wildman–Crippen LogP) is 4.34. The van der Waals surface area contributed by atoms with E-state index in [2.05, 4.69) is 10.6 Å². The molecule has 0 fully saturated rings. The summed E-state index contributed by atoms with van der Waals surface area (Å²) < 4.78 is 34.4. The van der Waals surface area contributed by atoms with Crippen molar-refractivity contribution in [3.63, 3.8) is 0 Å². The summed E-state index contributed by atoms with van der Waals surface area (Å²) >= 11 is 0. The number of anilines is 3. The first kappa shape index (κ1) is 19.3. The van der Waals surface area contributed by atoms with Crippen LogP contribution >= 0.6 is 0 Å². The molecule has 1 heterocycles. The van der Waals surface area contributed by atoms with Crippen LogP contribution in [-0.2, 0) is 10.0 Å². The molecule has 29 heavy (non-hydrogen) atoms. The molecule has 0 aromatic heterocycles. The summed E-state index contributed by atoms with van der Waals surface area (Å²) in [6.45, 7) is 1.74. The van der Waals surface area contributed by atoms with Crippen LogP contribution in [0.2, 0.25) is 0 Å². The minimum absolute atomic E-state index is 0.227. The van der Waals surface area contributed by atoms with Gasteiger partial charge in [-0.2, -0.15) is 0 Å². The minimum Gasteiger partial charge on any atom is -0.453 e. The van der Waals surface area contributed by atoms with Crippen molar-refractivity contribution in [2.75, 3.05) is 29.8 Å². The van der Waals surface area contributed by atoms with Gasteiger partial charge >= 0.3 is 0 Å². The lowest BCUT2D eigenvalue weighted by Gasteiger charge is -2.31. The van der Waals surface area contributed by atoms with Gasteiger partial charge < -0.3 is 15.4 Å². The van der Waals surface area contributed by atoms with Gasteiger partial charge in [-0.15, -0.1) is 0 Å². The number of nitrogens with zero attached hydrogens (tertiary/aromatic N) is 1. The molecule has 7 heteroatoms. The van der Waals surface area contributed by atoms with Crippen molar-refractivity contribution < 1.29 is 13.2 Å². The minimum atomic E-state index is -3.82. The molecule has 0 spiro atoms. The number of para-hydroxylation sites is 4. The van der Waals surface area contributed by atoms with Crippen LogP contribution in [0, 0.1) is 0 Å². The van der Waals surface area contributed by atoms with Gasteiger partial charge in [0.2, 0.25) is 0 Å². The molecule has 0 saturated heterocycles. The first-order valence-electron chi connectivity index (χ1n) is 9.51. The van der Waals surface area contributed by atoms with Gasteiger partial charge in [0.1, 0.15) is 11.4 Å². The third kappa shape index (κ3) is 3.79. The zero-order valence-electron chi connectivity index (χ0n) is 16.1. The van der Waals surface area contributed by atoms with Crippen molar-refractivity contribution in [3.8, 4) is 11.5 Å². The molecule has 0 amide bonds. The smallest absolute Gasteiger partial charge is 0.268 e. The number of rotatable bonds is 7. The van der Waals surface area contributed by atoms with E-state index in [1.165, 1.54) is 4.31 Å². The third-order valence-electron chi connectivity index (χ3n) is 4.71. The van der Waals surface area contributed by atoms with Crippen LogP contribution < -0.4 is 19.7 Å². The lowest BCUT2D eigenvalue weighted by atomic mass is 10.2. The highest BCUT2D eigenvalue weighted by Crippen LogP contribution is 2.48. The van der Waals surface area contributed by atoms with Crippen molar-refractivity contribution in [1.29, 1.82) is 0 Å². The monoisotopic (exact) mass is 409 g/mol. The van der Waals surface area contributed by atoms with E-state index >= 15 is 0 Å². The summed E-state index contributed by atoms with van der Waals surface area (Å²) in [4.78, 5) is 0.227. The molecule has 4 rings (SSSR count). The van der Waals surface area contributed by atoms with Crippen LogP contribution in [0.5, 0.6) is 11.5 Å². The largest absolute Gasteiger partial charge is 0.453 e. The summed E-state index contributed by atoms with van der Waals surface area (Å²) in [6.07, 6.45) is 0.984. The molecule has 0 unspecified atom stereocenters. The number of fused-ring (bicyclic) bond motifs is 2. The van der Waals surface area contributed by atoms with Crippen LogP contribution in [0.25, 0.3) is 0 Å². The van der Waals surface area contributed by atoms with Crippen LogP contribution in [0.1, 0.15) is 6.42 Å². The van der Waals surface area contributed by atoms with E-state index in [1.807, 2.05) is 19.2 Å². The lowest BCUT2D eigenvalue weighted by molar-refractivity contribution is 0.476. The highest BCUT2D eigenvalue weighted by molar-refractivity contribution is 7.93. The maximum atomic E-state index is 13.6. The molecule has 0 aliphatic carbocycles. The molecule has 6 nitrogen and oxygen atoms in total. The Balaban J connectivity index is 1.67. The van der Waals surface area contributed by atoms with Crippen molar-refractivity contribution in [3.05, 3.63) is 72.8 Å². The summed E-state index contributed by atoms with van der Waals surface area (Å²) in [6, 6.07) is 21.2. The number of sulfonamides is 1. The molecule has 0 radical (unpaired) electrons. The van der Waals surface area contributed by atoms with E-state index in [4.69, 9.17) is 4.74 Å². The quantitative estimate of drug-likeness (QED) is 0.568. The zero-order valence-corrected chi connectivity index (χ0v) is 16.9. The van der Waals surface area contributed by atoms with E-state index in [-0.39, 0.29) is 4.90 Å². The summed E-state index contributed by atoms with van der Waals surface area (Å²) in [7, 11) is -1.90. The Morgan fingerprint density at radius 2 is 1.41 bits per heavy atom. The van der Waals surface area contributed by atoms with Crippen molar-refractivity contribution in [2.24, 2.45) is 0 Å². The van der Waals surface area contributed by atoms with Crippen molar-refractivity contribution in [2.45, 2.75) is 11.3 Å². The second-order valence-electron chi connectivity index (χ2n) is 6.72. The van der Waals surface area contributed by atoms with Gasteiger partial charge in [0, 0.05) is 12.2 Å². The average Bonchev–Trinajstić information content (AvgIpc) is 2.75. The first-order chi connectivity index (χ1) is 14.1. The Bertz CT molecular complexity index is 1050.